The van der Waals surface area contributed by atoms with E-state index < -0.39 is 41.5 Å². The van der Waals surface area contributed by atoms with Crippen molar-refractivity contribution in [3.63, 3.8) is 0 Å². The Morgan fingerprint density at radius 3 is 2.57 bits per heavy atom. The number of hydrogen-bond donors (Lipinski definition) is 8. The minimum absolute atomic E-state index is 0.0458. The number of dihydropyridines is 1. The van der Waals surface area contributed by atoms with Gasteiger partial charge in [-0.25, -0.2) is 0 Å². The van der Waals surface area contributed by atoms with E-state index in [4.69, 9.17) is 24.7 Å². The molecule has 13 heteroatoms. The molecule has 53 heavy (non-hydrogen) atoms. The van der Waals surface area contributed by atoms with E-state index >= 15 is 0 Å². The van der Waals surface area contributed by atoms with E-state index in [0.717, 1.165) is 17.6 Å². The van der Waals surface area contributed by atoms with Gasteiger partial charge in [-0.05, 0) is 92.5 Å². The average Bonchev–Trinajstić information content (AvgIpc) is 3.53. The predicted octanol–water partition coefficient (Wildman–Crippen LogP) is 3.66. The highest BCUT2D eigenvalue weighted by molar-refractivity contribution is 5.75. The average molecular weight is 736 g/mol. The Morgan fingerprint density at radius 2 is 1.85 bits per heavy atom. The lowest BCUT2D eigenvalue weighted by molar-refractivity contribution is -0.147. The minimum Gasteiger partial charge on any atom is -0.504 e. The van der Waals surface area contributed by atoms with Crippen molar-refractivity contribution in [3.8, 4) is 28.7 Å². The summed E-state index contributed by atoms with van der Waals surface area (Å²) in [7, 11) is 2.94. The molecule has 2 aromatic carbocycles. The van der Waals surface area contributed by atoms with Crippen molar-refractivity contribution in [2.24, 2.45) is 28.9 Å². The monoisotopic (exact) mass is 735 g/mol. The standard InChI is InChI=1S/C40H53N3O10/c1-22-10-13-40(28(7-8-29(40)39(48)49)24-11-14-42-36(41)19-24)35(43-22)21-52-34-18-25(17-33(51-3)37(34)47)38-27(12-15-44)31(46)20-26(53-38)6-4-23-5-9-30(45)32(16-23)50-2/h5,7-9,11,16-19,22,26-29,31,35,38,42-47H,4,6,10,12-15,20-21,41H2,1-3H3,(H,48,49)/t22-,26+,27+,28+,29+,31+,35-,38-,40+/m1/s1. The van der Waals surface area contributed by atoms with E-state index in [2.05, 4.69) is 17.6 Å². The molecule has 1 spiro atoms. The molecular weight excluding hydrogens is 682 g/mol. The van der Waals surface area contributed by atoms with Gasteiger partial charge in [-0.3, -0.25) is 4.79 Å². The molecule has 2 saturated heterocycles. The molecule has 4 aliphatic rings. The molecule has 0 saturated carbocycles. The lowest BCUT2D eigenvalue weighted by Crippen LogP contribution is -2.61. The molecule has 3 aliphatic heterocycles. The van der Waals surface area contributed by atoms with E-state index in [9.17, 15) is 30.3 Å². The molecule has 9 N–H and O–H groups in total. The van der Waals surface area contributed by atoms with Crippen LogP contribution < -0.4 is 30.6 Å². The Bertz CT molecular complexity index is 1730. The second-order valence-corrected chi connectivity index (χ2v) is 14.7. The number of carbonyl (C=O) groups is 1. The number of rotatable bonds is 13. The molecular formula is C40H53N3O10. The summed E-state index contributed by atoms with van der Waals surface area (Å²) in [5, 5.41) is 59.9. The maximum Gasteiger partial charge on any atom is 0.311 e. The van der Waals surface area contributed by atoms with E-state index in [1.54, 1.807) is 30.3 Å². The summed E-state index contributed by atoms with van der Waals surface area (Å²) in [6.07, 6.45) is 9.15. The number of aliphatic hydroxyl groups is 2. The SMILES string of the molecule is COc1cc(CC[C@H]2C[C@H](O)[C@H](CCO)[C@@H](c3cc(OC)c(O)c(OC[C@H]4N[C@H](C)CC[C@]45[C@H](C(=O)O)C=C[C@H]5C4=CCNC(N)=C4)c3)O2)ccc1O. The van der Waals surface area contributed by atoms with Gasteiger partial charge in [0.2, 0.25) is 5.75 Å². The summed E-state index contributed by atoms with van der Waals surface area (Å²) < 4.78 is 24.0. The number of carboxylic acid groups (broad SMARTS) is 1. The largest absolute Gasteiger partial charge is 0.504 e. The van der Waals surface area contributed by atoms with Crippen molar-refractivity contribution in [2.75, 3.05) is 34.0 Å². The Labute approximate surface area is 310 Å². The number of ether oxygens (including phenoxy) is 4. The molecule has 288 valence electrons. The summed E-state index contributed by atoms with van der Waals surface area (Å²) in [6.45, 7) is 2.50. The molecule has 1 aliphatic carbocycles. The molecule has 2 aromatic rings. The molecule has 0 aromatic heterocycles. The molecule has 0 unspecified atom stereocenters. The van der Waals surface area contributed by atoms with Crippen LogP contribution in [0.3, 0.4) is 0 Å². The zero-order valence-corrected chi connectivity index (χ0v) is 30.5. The van der Waals surface area contributed by atoms with Crippen molar-refractivity contribution < 1.29 is 49.3 Å². The van der Waals surface area contributed by atoms with Gasteiger partial charge in [0.05, 0.1) is 44.3 Å². The van der Waals surface area contributed by atoms with Crippen LogP contribution in [0.1, 0.15) is 56.3 Å². The zero-order chi connectivity index (χ0) is 37.9. The quantitative estimate of drug-likeness (QED) is 0.139. The van der Waals surface area contributed by atoms with Crippen molar-refractivity contribution in [3.05, 3.63) is 77.2 Å². The molecule has 0 bridgehead atoms. The summed E-state index contributed by atoms with van der Waals surface area (Å²) in [5.41, 5.74) is 7.89. The van der Waals surface area contributed by atoms with Gasteiger partial charge in [-0.15, -0.1) is 0 Å². The number of aromatic hydroxyl groups is 2. The van der Waals surface area contributed by atoms with Gasteiger partial charge < -0.3 is 60.8 Å². The number of nitrogens with two attached hydrogens (primary N) is 1. The topological polar surface area (TPSA) is 205 Å². The normalized spacial score (nSPS) is 31.0. The Balaban J connectivity index is 1.28. The summed E-state index contributed by atoms with van der Waals surface area (Å²) in [4.78, 5) is 12.8. The number of nitrogens with one attached hydrogen (secondary N) is 2. The fraction of sp³-hybridized carbons (Fsp3) is 0.525. The summed E-state index contributed by atoms with van der Waals surface area (Å²) in [6, 6.07) is 8.20. The van der Waals surface area contributed by atoms with Crippen LogP contribution in [-0.2, 0) is 16.0 Å². The van der Waals surface area contributed by atoms with Gasteiger partial charge in [-0.1, -0.05) is 24.3 Å². The molecule has 0 radical (unpaired) electrons. The van der Waals surface area contributed by atoms with Crippen LogP contribution >= 0.6 is 0 Å². The number of phenols is 2. The first kappa shape index (κ1) is 38.3. The molecule has 6 rings (SSSR count). The number of hydrogen-bond acceptors (Lipinski definition) is 12. The van der Waals surface area contributed by atoms with Crippen LogP contribution in [0, 0.1) is 23.2 Å². The smallest absolute Gasteiger partial charge is 0.311 e. The lowest BCUT2D eigenvalue weighted by atomic mass is 9.59. The summed E-state index contributed by atoms with van der Waals surface area (Å²) in [5.74, 6) is -1.34. The van der Waals surface area contributed by atoms with Crippen LogP contribution in [0.25, 0.3) is 0 Å². The maximum absolute atomic E-state index is 12.8. The fourth-order valence-corrected chi connectivity index (χ4v) is 8.90. The Hall–Kier alpha value is -4.43. The molecule has 2 fully saturated rings. The van der Waals surface area contributed by atoms with Gasteiger partial charge in [0, 0.05) is 42.5 Å². The van der Waals surface area contributed by atoms with Crippen LogP contribution in [0.2, 0.25) is 0 Å². The van der Waals surface area contributed by atoms with Gasteiger partial charge in [-0.2, -0.15) is 0 Å². The number of methoxy groups -OCH3 is 2. The number of aryl methyl sites for hydroxylation is 1. The second-order valence-electron chi connectivity index (χ2n) is 14.7. The highest BCUT2D eigenvalue weighted by atomic mass is 16.5. The number of benzene rings is 2. The fourth-order valence-electron chi connectivity index (χ4n) is 8.90. The van der Waals surface area contributed by atoms with Crippen LogP contribution in [0.15, 0.2) is 66.0 Å². The third-order valence-electron chi connectivity index (χ3n) is 11.6. The first-order chi connectivity index (χ1) is 25.5. The Kier molecular flexibility index (Phi) is 11.8. The number of piperidine rings is 1. The minimum atomic E-state index is -0.912. The highest BCUT2D eigenvalue weighted by Gasteiger charge is 2.57. The first-order valence-corrected chi connectivity index (χ1v) is 18.4. The second kappa shape index (κ2) is 16.3. The Morgan fingerprint density at radius 1 is 1.08 bits per heavy atom. The van der Waals surface area contributed by atoms with Gasteiger partial charge in [0.1, 0.15) is 6.61 Å². The molecule has 3 heterocycles. The molecule has 9 atom stereocenters. The predicted molar refractivity (Wildman–Crippen MR) is 197 cm³/mol. The van der Waals surface area contributed by atoms with E-state index in [-0.39, 0.29) is 60.7 Å². The highest BCUT2D eigenvalue weighted by Crippen LogP contribution is 2.55. The zero-order valence-electron chi connectivity index (χ0n) is 30.5. The van der Waals surface area contributed by atoms with Crippen LogP contribution in [0.4, 0.5) is 0 Å². The maximum atomic E-state index is 12.8. The van der Waals surface area contributed by atoms with Crippen molar-refractivity contribution in [1.29, 1.82) is 0 Å². The van der Waals surface area contributed by atoms with E-state index in [1.807, 2.05) is 24.3 Å². The van der Waals surface area contributed by atoms with E-state index in [1.165, 1.54) is 14.2 Å². The number of phenolic OH excluding ortho intramolecular Hbond substituents is 2. The third-order valence-corrected chi connectivity index (χ3v) is 11.6. The number of allylic oxidation sites excluding steroid dienone is 3. The van der Waals surface area contributed by atoms with Gasteiger partial charge in [0.25, 0.3) is 0 Å². The van der Waals surface area contributed by atoms with Gasteiger partial charge in [0.15, 0.2) is 23.0 Å². The lowest BCUT2D eigenvalue weighted by Gasteiger charge is -2.50. The summed E-state index contributed by atoms with van der Waals surface area (Å²) >= 11 is 0. The molecule has 13 nitrogen and oxygen atoms in total. The molecule has 0 amide bonds. The van der Waals surface area contributed by atoms with Crippen molar-refractivity contribution in [1.82, 2.24) is 10.6 Å². The van der Waals surface area contributed by atoms with Crippen LogP contribution in [-0.4, -0.2) is 89.8 Å². The van der Waals surface area contributed by atoms with Crippen molar-refractivity contribution >= 4 is 5.97 Å². The van der Waals surface area contributed by atoms with Gasteiger partial charge >= 0.3 is 5.97 Å². The number of aliphatic carboxylic acids is 1. The van der Waals surface area contributed by atoms with Crippen molar-refractivity contribution in [2.45, 2.75) is 75.8 Å². The number of carboxylic acids is 1. The van der Waals surface area contributed by atoms with Crippen LogP contribution in [0.5, 0.6) is 28.7 Å². The third kappa shape index (κ3) is 7.80. The number of aliphatic hydroxyl groups excluding tert-OH is 2. The first-order valence-electron chi connectivity index (χ1n) is 18.4. The van der Waals surface area contributed by atoms with E-state index in [0.29, 0.717) is 49.4 Å².